The first-order valence-electron chi connectivity index (χ1n) is 23.2. The third-order valence-corrected chi connectivity index (χ3v) is 15.8. The van der Waals surface area contributed by atoms with E-state index >= 15 is 0 Å². The van der Waals surface area contributed by atoms with Crippen molar-refractivity contribution in [2.75, 3.05) is 4.90 Å². The number of rotatable bonds is 3. The van der Waals surface area contributed by atoms with Crippen molar-refractivity contribution in [2.45, 2.75) is 24.7 Å². The molecule has 0 saturated heterocycles. The molecule has 0 aliphatic heterocycles. The number of hydrogen-bond acceptors (Lipinski definition) is 2. The standard InChI is InChI=1S/C56H23B14NO/c1-55(2)29-6-4-3-5-23(29)24-8-7-22(15-31(24)55)71(52-37(62)19-39(64)54-42(52)28-12-20(57)13-38(63)53(28)72-54)40-14-21(58)11-27-41-26-16-34(59)47(66)46(65)25(26)9-10-30(41)56(45(27)40)32-17-35(60)48(67)50(69)43(32)44-33(56)18-36(61)49(68)51(44)70/h3-19H,1-2H3. The van der Waals surface area contributed by atoms with Gasteiger partial charge >= 0.3 is 0 Å². The fourth-order valence-corrected chi connectivity index (χ4v) is 12.6. The Bertz CT molecular complexity index is 4150. The van der Waals surface area contributed by atoms with Gasteiger partial charge in [-0.05, 0) is 90.2 Å². The van der Waals surface area contributed by atoms with Crippen LogP contribution in [0.3, 0.4) is 0 Å². The van der Waals surface area contributed by atoms with E-state index in [2.05, 4.69) is 61.2 Å². The molecule has 9 aromatic carbocycles. The van der Waals surface area contributed by atoms with Crippen LogP contribution in [0.5, 0.6) is 0 Å². The van der Waals surface area contributed by atoms with Crippen molar-refractivity contribution in [3.05, 3.63) is 137 Å². The van der Waals surface area contributed by atoms with E-state index in [1.807, 2.05) is 48.5 Å². The van der Waals surface area contributed by atoms with E-state index in [-0.39, 0.29) is 38.2 Å². The molecular weight excluding hydrogens is 854 g/mol. The summed E-state index contributed by atoms with van der Waals surface area (Å²) in [5.74, 6) is 0. The van der Waals surface area contributed by atoms with Crippen LogP contribution in [0.2, 0.25) is 0 Å². The number of fused-ring (bicyclic) bond motifs is 18. The summed E-state index contributed by atoms with van der Waals surface area (Å²) in [7, 11) is 96.7. The van der Waals surface area contributed by atoms with E-state index in [9.17, 15) is 0 Å². The molecule has 13 rings (SSSR count). The lowest BCUT2D eigenvalue weighted by Crippen LogP contribution is -2.43. The molecule has 0 N–H and O–H groups in total. The zero-order valence-electron chi connectivity index (χ0n) is 39.3. The highest BCUT2D eigenvalue weighted by Gasteiger charge is 2.55. The van der Waals surface area contributed by atoms with E-state index in [1.165, 1.54) is 5.56 Å². The number of furan rings is 1. The van der Waals surface area contributed by atoms with Crippen LogP contribution >= 0.6 is 0 Å². The molecule has 1 spiro atoms. The van der Waals surface area contributed by atoms with Crippen molar-refractivity contribution >= 4 is 236 Å². The highest BCUT2D eigenvalue weighted by Crippen LogP contribution is 2.65. The van der Waals surface area contributed by atoms with Crippen molar-refractivity contribution in [1.29, 1.82) is 0 Å². The van der Waals surface area contributed by atoms with E-state index in [1.54, 1.807) is 12.1 Å². The molecular formula is C56H23B14NO. The topological polar surface area (TPSA) is 16.4 Å². The summed E-state index contributed by atoms with van der Waals surface area (Å²) < 4.78 is 6.62. The Morgan fingerprint density at radius 1 is 0.403 bits per heavy atom. The predicted molar refractivity (Wildman–Crippen MR) is 315 cm³/mol. The number of nitrogens with zero attached hydrogens (tertiary/aromatic N) is 1. The molecule has 2 nitrogen and oxygen atoms in total. The van der Waals surface area contributed by atoms with Crippen LogP contribution in [0, 0.1) is 0 Å². The van der Waals surface area contributed by atoms with Crippen LogP contribution < -0.4 is 81.4 Å². The Kier molecular flexibility index (Phi) is 9.60. The van der Waals surface area contributed by atoms with E-state index in [0.717, 1.165) is 39.1 Å². The molecule has 0 fully saturated rings. The molecule has 1 aromatic heterocycles. The number of anilines is 3. The predicted octanol–water partition coefficient (Wildman–Crippen LogP) is -2.03. The van der Waals surface area contributed by atoms with Crippen molar-refractivity contribution in [3.63, 3.8) is 0 Å². The van der Waals surface area contributed by atoms with Gasteiger partial charge < -0.3 is 9.32 Å². The van der Waals surface area contributed by atoms with Gasteiger partial charge in [0.05, 0.1) is 22.2 Å². The lowest BCUT2D eigenvalue weighted by Gasteiger charge is -2.38. The summed E-state index contributed by atoms with van der Waals surface area (Å²) in [6, 6.07) is 33.4. The Hall–Kier alpha value is -6.25. The van der Waals surface area contributed by atoms with Gasteiger partial charge in [0.1, 0.15) is 121 Å². The lowest BCUT2D eigenvalue weighted by molar-refractivity contribution is 0.660. The average Bonchev–Trinajstić information content (AvgIpc) is 4.03. The molecule has 3 aliphatic rings. The van der Waals surface area contributed by atoms with Gasteiger partial charge in [-0.15, -0.1) is 32.8 Å². The molecule has 1 heterocycles. The van der Waals surface area contributed by atoms with Gasteiger partial charge in [-0.3, -0.25) is 0 Å². The van der Waals surface area contributed by atoms with Gasteiger partial charge in [-0.25, -0.2) is 0 Å². The second-order valence-corrected chi connectivity index (χ2v) is 20.0. The molecule has 0 amide bonds. The maximum atomic E-state index is 7.43. The summed E-state index contributed by atoms with van der Waals surface area (Å²) in [6.07, 6.45) is 0. The molecule has 28 radical (unpaired) electrons. The number of benzene rings is 9. The molecule has 300 valence electrons. The largest absolute Gasteiger partial charge is 0.457 e. The van der Waals surface area contributed by atoms with Crippen LogP contribution in [0.4, 0.5) is 17.1 Å². The molecule has 10 aromatic rings. The maximum Gasteiger partial charge on any atom is 0.130 e. The third kappa shape index (κ3) is 5.65. The Morgan fingerprint density at radius 2 is 1.01 bits per heavy atom. The second-order valence-electron chi connectivity index (χ2n) is 20.0. The normalized spacial score (nSPS) is 14.1. The van der Waals surface area contributed by atoms with Gasteiger partial charge in [0.25, 0.3) is 0 Å². The minimum atomic E-state index is -1.36. The van der Waals surface area contributed by atoms with Gasteiger partial charge in [-0.1, -0.05) is 142 Å². The second kappa shape index (κ2) is 15.2. The quantitative estimate of drug-likeness (QED) is 0.191. The number of hydrogen-bond donors (Lipinski definition) is 0. The van der Waals surface area contributed by atoms with Gasteiger partial charge in [0, 0.05) is 22.1 Å². The highest BCUT2D eigenvalue weighted by atomic mass is 16.3. The first-order chi connectivity index (χ1) is 34.3. The van der Waals surface area contributed by atoms with Crippen molar-refractivity contribution in [2.24, 2.45) is 0 Å². The van der Waals surface area contributed by atoms with E-state index in [4.69, 9.17) is 114 Å². The van der Waals surface area contributed by atoms with Crippen LogP contribution in [-0.4, -0.2) is 110 Å². The van der Waals surface area contributed by atoms with Gasteiger partial charge in [0.2, 0.25) is 0 Å². The summed E-state index contributed by atoms with van der Waals surface area (Å²) >= 11 is 0. The van der Waals surface area contributed by atoms with Crippen LogP contribution in [0.15, 0.2) is 108 Å². The fraction of sp³-hybridized carbons (Fsp3) is 0.0714. The SMILES string of the molecule is [B]c1cc2c(c(N(c3ccc4c(c3)C(C)(C)c3ccccc3-4)c3c([B])cc([B])c4oc5c([B])cc([B])cc5c34)c1)C1(c3cc([B])c([B])c([B])c3-c3c1cc([B])c([B])c3[B])c1ccc3c([B])c([B])c([B])cc3c1-2. The summed E-state index contributed by atoms with van der Waals surface area (Å²) in [6.45, 7) is 4.45. The first-order valence-corrected chi connectivity index (χ1v) is 23.2. The summed E-state index contributed by atoms with van der Waals surface area (Å²) in [5.41, 5.74) is 14.6. The minimum Gasteiger partial charge on any atom is -0.457 e. The molecule has 0 saturated carbocycles. The van der Waals surface area contributed by atoms with Crippen molar-refractivity contribution in [1.82, 2.24) is 0 Å². The Balaban J connectivity index is 1.28. The zero-order chi connectivity index (χ0) is 50.5. The zero-order valence-corrected chi connectivity index (χ0v) is 39.3. The maximum absolute atomic E-state index is 7.43. The molecule has 0 unspecified atom stereocenters. The summed E-state index contributed by atoms with van der Waals surface area (Å²) in [5, 5.41) is 2.52. The van der Waals surface area contributed by atoms with Crippen molar-refractivity contribution < 1.29 is 4.42 Å². The Labute approximate surface area is 437 Å². The van der Waals surface area contributed by atoms with E-state index in [0.29, 0.717) is 110 Å². The summed E-state index contributed by atoms with van der Waals surface area (Å²) in [4.78, 5) is 2.11. The molecule has 72 heavy (non-hydrogen) atoms. The third-order valence-electron chi connectivity index (χ3n) is 15.8. The van der Waals surface area contributed by atoms with Gasteiger partial charge in [-0.2, -0.15) is 0 Å². The molecule has 0 bridgehead atoms. The molecule has 16 heteroatoms. The minimum absolute atomic E-state index is 0.183. The van der Waals surface area contributed by atoms with Crippen LogP contribution in [-0.2, 0) is 10.8 Å². The lowest BCUT2D eigenvalue weighted by atomic mass is 9.64. The molecule has 0 atom stereocenters. The fourth-order valence-electron chi connectivity index (χ4n) is 12.6. The van der Waals surface area contributed by atoms with E-state index < -0.39 is 10.8 Å². The monoisotopic (exact) mass is 879 g/mol. The van der Waals surface area contributed by atoms with Crippen molar-refractivity contribution in [3.8, 4) is 33.4 Å². The highest BCUT2D eigenvalue weighted by molar-refractivity contribution is 6.63. The van der Waals surface area contributed by atoms with Crippen LogP contribution in [0.1, 0.15) is 47.2 Å². The average molecular weight is 877 g/mol. The Morgan fingerprint density at radius 3 is 1.71 bits per heavy atom. The molecule has 3 aliphatic carbocycles. The smallest absolute Gasteiger partial charge is 0.130 e. The van der Waals surface area contributed by atoms with Crippen LogP contribution in [0.25, 0.3) is 66.1 Å². The van der Waals surface area contributed by atoms with Gasteiger partial charge in [0.15, 0.2) is 0 Å². The first kappa shape index (κ1) is 45.6.